The van der Waals surface area contributed by atoms with Gasteiger partial charge >= 0.3 is 0 Å². The van der Waals surface area contributed by atoms with Crippen molar-refractivity contribution in [1.82, 2.24) is 4.57 Å². The van der Waals surface area contributed by atoms with E-state index in [4.69, 9.17) is 10.5 Å². The molecule has 1 heterocycles. The van der Waals surface area contributed by atoms with Gasteiger partial charge < -0.3 is 9.77 Å². The first-order valence-corrected chi connectivity index (χ1v) is 6.08. The molecule has 1 aromatic carbocycles. The average Bonchev–Trinajstić information content (AvgIpc) is 2.82. The maximum Gasteiger partial charge on any atom is 0.120 e. The van der Waals surface area contributed by atoms with Gasteiger partial charge in [0.25, 0.3) is 0 Å². The second kappa shape index (κ2) is 5.40. The van der Waals surface area contributed by atoms with E-state index in [1.165, 1.54) is 0 Å². The molecule has 0 atom stereocenters. The highest BCUT2D eigenvalue weighted by Crippen LogP contribution is 2.22. The van der Waals surface area contributed by atoms with Crippen LogP contribution in [0.3, 0.4) is 0 Å². The summed E-state index contributed by atoms with van der Waals surface area (Å²) < 4.78 is 1.86. The summed E-state index contributed by atoms with van der Waals surface area (Å²) in [6, 6.07) is 13.6. The number of benzene rings is 1. The van der Waals surface area contributed by atoms with Crippen molar-refractivity contribution in [2.45, 2.75) is 13.3 Å². The number of aromatic nitrogens is 1. The molecule has 96 valence electrons. The summed E-state index contributed by atoms with van der Waals surface area (Å²) in [4.78, 5) is 0. The number of rotatable bonds is 3. The Labute approximate surface area is 112 Å². The average molecular weight is 253 g/mol. The van der Waals surface area contributed by atoms with Crippen molar-refractivity contribution >= 4 is 5.71 Å². The molecule has 0 unspecified atom stereocenters. The maximum atomic E-state index is 8.95. The highest BCUT2D eigenvalue weighted by atomic mass is 16.4. The van der Waals surface area contributed by atoms with Gasteiger partial charge in [0, 0.05) is 12.7 Å². The minimum absolute atomic E-state index is 0.630. The van der Waals surface area contributed by atoms with E-state index >= 15 is 0 Å². The van der Waals surface area contributed by atoms with Crippen LogP contribution >= 0.6 is 0 Å². The van der Waals surface area contributed by atoms with Crippen molar-refractivity contribution in [2.75, 3.05) is 0 Å². The molecule has 1 N–H and O–H groups in total. The number of nitrogens with zero attached hydrogens (tertiary/aromatic N) is 3. The van der Waals surface area contributed by atoms with Gasteiger partial charge in [-0.2, -0.15) is 5.26 Å². The third-order valence-corrected chi connectivity index (χ3v) is 3.21. The van der Waals surface area contributed by atoms with E-state index in [1.54, 1.807) is 6.07 Å². The Morgan fingerprint density at radius 3 is 2.42 bits per heavy atom. The Balaban J connectivity index is 2.38. The van der Waals surface area contributed by atoms with Gasteiger partial charge in [-0.25, -0.2) is 0 Å². The van der Waals surface area contributed by atoms with Gasteiger partial charge in [0.2, 0.25) is 0 Å². The lowest BCUT2D eigenvalue weighted by molar-refractivity contribution is 0.318. The summed E-state index contributed by atoms with van der Waals surface area (Å²) in [6.07, 6.45) is 0.679. The van der Waals surface area contributed by atoms with Crippen LogP contribution in [0.25, 0.3) is 11.3 Å². The summed E-state index contributed by atoms with van der Waals surface area (Å²) >= 11 is 0. The van der Waals surface area contributed by atoms with Gasteiger partial charge in [-0.3, -0.25) is 0 Å². The van der Waals surface area contributed by atoms with Crippen LogP contribution in [0.4, 0.5) is 0 Å². The van der Waals surface area contributed by atoms with E-state index in [2.05, 4.69) is 11.2 Å². The molecule has 0 saturated carbocycles. The van der Waals surface area contributed by atoms with E-state index in [-0.39, 0.29) is 0 Å². The maximum absolute atomic E-state index is 8.95. The van der Waals surface area contributed by atoms with Gasteiger partial charge in [0.05, 0.1) is 5.71 Å². The van der Waals surface area contributed by atoms with Crippen LogP contribution in [-0.4, -0.2) is 15.5 Å². The Kier molecular flexibility index (Phi) is 3.67. The predicted octanol–water partition coefficient (Wildman–Crippen LogP) is 3.15. The summed E-state index contributed by atoms with van der Waals surface area (Å²) in [7, 11) is 1.87. The van der Waals surface area contributed by atoms with Crippen molar-refractivity contribution in [1.29, 1.82) is 5.26 Å². The Morgan fingerprint density at radius 2 is 1.95 bits per heavy atom. The van der Waals surface area contributed by atoms with Crippen molar-refractivity contribution in [3.05, 3.63) is 47.7 Å². The highest BCUT2D eigenvalue weighted by Gasteiger charge is 2.07. The predicted molar refractivity (Wildman–Crippen MR) is 74.2 cm³/mol. The first kappa shape index (κ1) is 12.9. The van der Waals surface area contributed by atoms with Gasteiger partial charge in [0.1, 0.15) is 11.8 Å². The molecule has 0 amide bonds. The third kappa shape index (κ3) is 2.36. The first-order valence-electron chi connectivity index (χ1n) is 6.08. The fourth-order valence-corrected chi connectivity index (χ4v) is 2.08. The molecule has 0 bridgehead atoms. The van der Waals surface area contributed by atoms with Gasteiger partial charge in [-0.15, -0.1) is 0 Å². The van der Waals surface area contributed by atoms with E-state index in [0.717, 1.165) is 16.8 Å². The van der Waals surface area contributed by atoms with Crippen molar-refractivity contribution in [2.24, 2.45) is 12.2 Å². The van der Waals surface area contributed by atoms with Crippen molar-refractivity contribution < 1.29 is 5.21 Å². The quantitative estimate of drug-likeness (QED) is 0.519. The Bertz CT molecular complexity index is 645. The van der Waals surface area contributed by atoms with Crippen LogP contribution in [0.5, 0.6) is 0 Å². The third-order valence-electron chi connectivity index (χ3n) is 3.21. The zero-order valence-electron chi connectivity index (χ0n) is 11.0. The first-order chi connectivity index (χ1) is 9.21. The normalized spacial score (nSPS) is 11.3. The number of nitriles is 1. The SMILES string of the molecule is CC/C(=N\O)c1ccc(-c2ccc(C#N)n2C)cc1. The monoisotopic (exact) mass is 253 g/mol. The molecule has 0 saturated heterocycles. The molecule has 0 radical (unpaired) electrons. The highest BCUT2D eigenvalue weighted by molar-refractivity contribution is 6.00. The molecule has 0 spiro atoms. The molecular weight excluding hydrogens is 238 g/mol. The van der Waals surface area contributed by atoms with Crippen LogP contribution in [0.1, 0.15) is 24.6 Å². The fourth-order valence-electron chi connectivity index (χ4n) is 2.08. The molecule has 2 aromatic rings. The lowest BCUT2D eigenvalue weighted by atomic mass is 10.0. The zero-order valence-corrected chi connectivity index (χ0v) is 11.0. The molecule has 0 aliphatic heterocycles. The Morgan fingerprint density at radius 1 is 1.26 bits per heavy atom. The summed E-state index contributed by atoms with van der Waals surface area (Å²) in [5.41, 5.74) is 4.22. The smallest absolute Gasteiger partial charge is 0.120 e. The molecular formula is C15H15N3O. The lowest BCUT2D eigenvalue weighted by Crippen LogP contribution is -1.99. The second-order valence-electron chi connectivity index (χ2n) is 4.25. The molecule has 0 aliphatic rings. The largest absolute Gasteiger partial charge is 0.411 e. The molecule has 4 heteroatoms. The zero-order chi connectivity index (χ0) is 13.8. The van der Waals surface area contributed by atoms with Gasteiger partial charge in [-0.05, 0) is 29.7 Å². The van der Waals surface area contributed by atoms with Crippen LogP contribution in [0, 0.1) is 11.3 Å². The molecule has 0 aliphatic carbocycles. The van der Waals surface area contributed by atoms with Crippen LogP contribution in [-0.2, 0) is 7.05 Å². The van der Waals surface area contributed by atoms with Crippen LogP contribution < -0.4 is 0 Å². The van der Waals surface area contributed by atoms with E-state index in [0.29, 0.717) is 17.8 Å². The fraction of sp³-hybridized carbons (Fsp3) is 0.200. The number of hydrogen-bond donors (Lipinski definition) is 1. The van der Waals surface area contributed by atoms with E-state index in [1.807, 2.05) is 48.9 Å². The molecule has 2 rings (SSSR count). The number of oxime groups is 1. The van der Waals surface area contributed by atoms with Crippen molar-refractivity contribution in [3.63, 3.8) is 0 Å². The van der Waals surface area contributed by atoms with Gasteiger partial charge in [0.15, 0.2) is 0 Å². The standard InChI is InChI=1S/C15H15N3O/c1-3-14(17-19)11-4-6-12(7-5-11)15-9-8-13(10-16)18(15)2/h4-9,19H,3H2,1-2H3/b17-14+. The molecule has 4 nitrogen and oxygen atoms in total. The van der Waals surface area contributed by atoms with E-state index in [9.17, 15) is 0 Å². The minimum Gasteiger partial charge on any atom is -0.411 e. The molecule has 1 aromatic heterocycles. The lowest BCUT2D eigenvalue weighted by Gasteiger charge is -2.06. The molecule has 19 heavy (non-hydrogen) atoms. The second-order valence-corrected chi connectivity index (χ2v) is 4.25. The van der Waals surface area contributed by atoms with Gasteiger partial charge in [-0.1, -0.05) is 36.3 Å². The summed E-state index contributed by atoms with van der Waals surface area (Å²) in [5, 5.41) is 21.1. The summed E-state index contributed by atoms with van der Waals surface area (Å²) in [6.45, 7) is 1.94. The van der Waals surface area contributed by atoms with Crippen molar-refractivity contribution in [3.8, 4) is 17.3 Å². The van der Waals surface area contributed by atoms with Crippen LogP contribution in [0.2, 0.25) is 0 Å². The van der Waals surface area contributed by atoms with E-state index < -0.39 is 0 Å². The summed E-state index contributed by atoms with van der Waals surface area (Å²) in [5.74, 6) is 0. The van der Waals surface area contributed by atoms with Crippen LogP contribution in [0.15, 0.2) is 41.6 Å². The number of hydrogen-bond acceptors (Lipinski definition) is 3. The molecule has 0 fully saturated rings. The Hall–Kier alpha value is -2.54. The minimum atomic E-state index is 0.630. The topological polar surface area (TPSA) is 61.3 Å².